The zero-order valence-electron chi connectivity index (χ0n) is 11.3. The summed E-state index contributed by atoms with van der Waals surface area (Å²) < 4.78 is 10.2. The summed E-state index contributed by atoms with van der Waals surface area (Å²) in [5, 5.41) is 0. The van der Waals surface area contributed by atoms with Crippen molar-refractivity contribution in [1.29, 1.82) is 0 Å². The van der Waals surface area contributed by atoms with Crippen LogP contribution in [0.2, 0.25) is 0 Å². The molecular weight excluding hydrogens is 230 g/mol. The van der Waals surface area contributed by atoms with Crippen molar-refractivity contribution in [1.82, 2.24) is 14.9 Å². The zero-order chi connectivity index (χ0) is 13.0. The van der Waals surface area contributed by atoms with Gasteiger partial charge in [0.25, 0.3) is 0 Å². The van der Waals surface area contributed by atoms with Crippen LogP contribution in [0, 0.1) is 6.92 Å². The Bertz CT molecular complexity index is 392. The van der Waals surface area contributed by atoms with E-state index in [9.17, 15) is 0 Å². The van der Waals surface area contributed by atoms with Gasteiger partial charge in [-0.1, -0.05) is 0 Å². The van der Waals surface area contributed by atoms with Gasteiger partial charge in [-0.25, -0.2) is 9.97 Å². The summed E-state index contributed by atoms with van der Waals surface area (Å²) in [6, 6.07) is 0.446. The SMILES string of the molecule is COc1ncc(CCCN2CC(OC)C2)c(C)n1. The van der Waals surface area contributed by atoms with E-state index in [1.807, 2.05) is 13.1 Å². The number of nitrogens with zero attached hydrogens (tertiary/aromatic N) is 3. The number of rotatable bonds is 6. The third-order valence-electron chi connectivity index (χ3n) is 3.42. The molecule has 5 heteroatoms. The highest BCUT2D eigenvalue weighted by Gasteiger charge is 2.25. The van der Waals surface area contributed by atoms with E-state index < -0.39 is 0 Å². The van der Waals surface area contributed by atoms with E-state index in [4.69, 9.17) is 9.47 Å². The first-order valence-corrected chi connectivity index (χ1v) is 6.34. The normalized spacial score (nSPS) is 16.6. The summed E-state index contributed by atoms with van der Waals surface area (Å²) in [5.74, 6) is 0. The van der Waals surface area contributed by atoms with Crippen molar-refractivity contribution in [2.75, 3.05) is 33.9 Å². The summed E-state index contributed by atoms with van der Waals surface area (Å²) in [6.07, 6.45) is 4.46. The second-order valence-electron chi connectivity index (χ2n) is 4.69. The van der Waals surface area contributed by atoms with E-state index in [2.05, 4.69) is 14.9 Å². The maximum absolute atomic E-state index is 5.25. The number of methoxy groups -OCH3 is 2. The van der Waals surface area contributed by atoms with Crippen molar-refractivity contribution in [3.05, 3.63) is 17.5 Å². The van der Waals surface area contributed by atoms with E-state index in [0.717, 1.165) is 38.2 Å². The molecule has 2 heterocycles. The molecule has 2 rings (SSSR count). The van der Waals surface area contributed by atoms with Gasteiger partial charge in [-0.2, -0.15) is 0 Å². The molecule has 1 fully saturated rings. The third kappa shape index (κ3) is 3.17. The average molecular weight is 251 g/mol. The van der Waals surface area contributed by atoms with E-state index >= 15 is 0 Å². The zero-order valence-corrected chi connectivity index (χ0v) is 11.3. The Morgan fingerprint density at radius 3 is 2.78 bits per heavy atom. The molecule has 0 saturated carbocycles. The lowest BCUT2D eigenvalue weighted by Gasteiger charge is -2.38. The molecule has 18 heavy (non-hydrogen) atoms. The third-order valence-corrected chi connectivity index (χ3v) is 3.42. The minimum atomic E-state index is 0.441. The van der Waals surface area contributed by atoms with Crippen LogP contribution in [0.25, 0.3) is 0 Å². The number of hydrogen-bond donors (Lipinski definition) is 0. The molecule has 1 aromatic rings. The lowest BCUT2D eigenvalue weighted by molar-refractivity contribution is -0.0293. The molecule has 1 aliphatic heterocycles. The van der Waals surface area contributed by atoms with Crippen molar-refractivity contribution < 1.29 is 9.47 Å². The van der Waals surface area contributed by atoms with Crippen molar-refractivity contribution in [2.45, 2.75) is 25.9 Å². The van der Waals surface area contributed by atoms with Crippen molar-refractivity contribution in [3.63, 3.8) is 0 Å². The van der Waals surface area contributed by atoms with Gasteiger partial charge < -0.3 is 9.47 Å². The lowest BCUT2D eigenvalue weighted by Crippen LogP contribution is -2.51. The Morgan fingerprint density at radius 1 is 1.39 bits per heavy atom. The first-order valence-electron chi connectivity index (χ1n) is 6.34. The standard InChI is InChI=1S/C13H21N3O2/c1-10-11(7-14-13(15-10)18-3)5-4-6-16-8-12(9-16)17-2/h7,12H,4-6,8-9H2,1-3H3. The molecule has 0 radical (unpaired) electrons. The molecule has 0 aromatic carbocycles. The molecule has 1 aliphatic rings. The highest BCUT2D eigenvalue weighted by molar-refractivity contribution is 5.17. The minimum Gasteiger partial charge on any atom is -0.467 e. The van der Waals surface area contributed by atoms with Gasteiger partial charge in [0, 0.05) is 32.1 Å². The summed E-state index contributed by atoms with van der Waals surface area (Å²) >= 11 is 0. The first-order chi connectivity index (χ1) is 8.72. The highest BCUT2D eigenvalue weighted by atomic mass is 16.5. The smallest absolute Gasteiger partial charge is 0.316 e. The Balaban J connectivity index is 1.73. The fourth-order valence-electron chi connectivity index (χ4n) is 2.16. The van der Waals surface area contributed by atoms with Crippen LogP contribution in [0.15, 0.2) is 6.20 Å². The van der Waals surface area contributed by atoms with Gasteiger partial charge in [-0.3, -0.25) is 4.90 Å². The van der Waals surface area contributed by atoms with E-state index in [1.54, 1.807) is 14.2 Å². The van der Waals surface area contributed by atoms with Crippen LogP contribution in [-0.2, 0) is 11.2 Å². The first kappa shape index (κ1) is 13.2. The van der Waals surface area contributed by atoms with Crippen molar-refractivity contribution in [2.24, 2.45) is 0 Å². The van der Waals surface area contributed by atoms with Crippen LogP contribution >= 0.6 is 0 Å². The predicted octanol–water partition coefficient (Wildman–Crippen LogP) is 1.06. The van der Waals surface area contributed by atoms with Crippen LogP contribution in [-0.4, -0.2) is 54.8 Å². The second-order valence-corrected chi connectivity index (χ2v) is 4.69. The largest absolute Gasteiger partial charge is 0.467 e. The van der Waals surface area contributed by atoms with Crippen LogP contribution < -0.4 is 4.74 Å². The summed E-state index contributed by atoms with van der Waals surface area (Å²) in [5.41, 5.74) is 2.22. The van der Waals surface area contributed by atoms with Crippen LogP contribution in [0.5, 0.6) is 6.01 Å². The number of aryl methyl sites for hydroxylation is 2. The van der Waals surface area contributed by atoms with Gasteiger partial charge in [0.05, 0.1) is 13.2 Å². The fraction of sp³-hybridized carbons (Fsp3) is 0.692. The second kappa shape index (κ2) is 6.11. The van der Waals surface area contributed by atoms with Gasteiger partial charge in [0.2, 0.25) is 0 Å². The number of likely N-dealkylation sites (tertiary alicyclic amines) is 1. The minimum absolute atomic E-state index is 0.441. The Morgan fingerprint density at radius 2 is 2.17 bits per heavy atom. The fourth-order valence-corrected chi connectivity index (χ4v) is 2.16. The topological polar surface area (TPSA) is 47.5 Å². The monoisotopic (exact) mass is 251 g/mol. The van der Waals surface area contributed by atoms with Crippen molar-refractivity contribution in [3.8, 4) is 6.01 Å². The number of aromatic nitrogens is 2. The average Bonchev–Trinajstić information content (AvgIpc) is 2.33. The van der Waals surface area contributed by atoms with E-state index in [-0.39, 0.29) is 0 Å². The van der Waals surface area contributed by atoms with Gasteiger partial charge in [0.1, 0.15) is 0 Å². The molecule has 0 amide bonds. The summed E-state index contributed by atoms with van der Waals surface area (Å²) in [7, 11) is 3.37. The number of ether oxygens (including phenoxy) is 2. The molecule has 100 valence electrons. The Labute approximate surface area is 108 Å². The van der Waals surface area contributed by atoms with E-state index in [0.29, 0.717) is 12.1 Å². The van der Waals surface area contributed by atoms with Gasteiger partial charge in [0.15, 0.2) is 0 Å². The van der Waals surface area contributed by atoms with Crippen LogP contribution in [0.3, 0.4) is 0 Å². The predicted molar refractivity (Wildman–Crippen MR) is 68.9 cm³/mol. The van der Waals surface area contributed by atoms with E-state index in [1.165, 1.54) is 5.56 Å². The van der Waals surface area contributed by atoms with Gasteiger partial charge >= 0.3 is 6.01 Å². The molecular formula is C13H21N3O2. The maximum Gasteiger partial charge on any atom is 0.316 e. The molecule has 0 atom stereocenters. The summed E-state index contributed by atoms with van der Waals surface area (Å²) in [6.45, 7) is 5.25. The number of hydrogen-bond acceptors (Lipinski definition) is 5. The van der Waals surface area contributed by atoms with Gasteiger partial charge in [-0.05, 0) is 31.9 Å². The van der Waals surface area contributed by atoms with Crippen molar-refractivity contribution >= 4 is 0 Å². The molecule has 0 aliphatic carbocycles. The van der Waals surface area contributed by atoms with Crippen LogP contribution in [0.1, 0.15) is 17.7 Å². The molecule has 0 spiro atoms. The Kier molecular flexibility index (Phi) is 4.49. The summed E-state index contributed by atoms with van der Waals surface area (Å²) in [4.78, 5) is 10.8. The lowest BCUT2D eigenvalue weighted by atomic mass is 10.1. The highest BCUT2D eigenvalue weighted by Crippen LogP contribution is 2.14. The molecule has 1 aromatic heterocycles. The molecule has 0 N–H and O–H groups in total. The van der Waals surface area contributed by atoms with Crippen LogP contribution in [0.4, 0.5) is 0 Å². The molecule has 0 unspecified atom stereocenters. The quantitative estimate of drug-likeness (QED) is 0.756. The Hall–Kier alpha value is -1.20. The molecule has 0 bridgehead atoms. The molecule has 1 saturated heterocycles. The molecule has 5 nitrogen and oxygen atoms in total. The maximum atomic E-state index is 5.25. The van der Waals surface area contributed by atoms with Gasteiger partial charge in [-0.15, -0.1) is 0 Å².